The van der Waals surface area contributed by atoms with Gasteiger partial charge in [-0.2, -0.15) is 0 Å². The summed E-state index contributed by atoms with van der Waals surface area (Å²) in [6, 6.07) is 22.5. The maximum atomic E-state index is 13.5. The van der Waals surface area contributed by atoms with Crippen molar-refractivity contribution in [2.75, 3.05) is 6.61 Å². The number of phenolic OH excluding ortho intramolecular Hbond substituents is 1. The van der Waals surface area contributed by atoms with Crippen LogP contribution in [0.4, 0.5) is 0 Å². The number of carbonyl (C=O) groups excluding carboxylic acids is 1. The molecular weight excluding hydrogens is 392 g/mol. The van der Waals surface area contributed by atoms with E-state index in [2.05, 4.69) is 6.92 Å². The van der Waals surface area contributed by atoms with Crippen molar-refractivity contribution in [3.05, 3.63) is 83.9 Å². The van der Waals surface area contributed by atoms with Crippen molar-refractivity contribution in [1.82, 2.24) is 0 Å². The minimum atomic E-state index is -0.0247. The first-order chi connectivity index (χ1) is 14.7. The topological polar surface area (TPSA) is 46.5 Å². The van der Waals surface area contributed by atoms with Crippen LogP contribution in [-0.2, 0) is 0 Å². The first-order valence-corrected chi connectivity index (χ1v) is 11.1. The molecule has 0 radical (unpaired) electrons. The van der Waals surface area contributed by atoms with Crippen LogP contribution in [0.3, 0.4) is 0 Å². The van der Waals surface area contributed by atoms with Gasteiger partial charge in [0.1, 0.15) is 11.5 Å². The number of fused-ring (bicyclic) bond motifs is 1. The second-order valence-corrected chi connectivity index (χ2v) is 8.31. The monoisotopic (exact) mass is 416 g/mol. The van der Waals surface area contributed by atoms with Crippen molar-refractivity contribution in [2.24, 2.45) is 0 Å². The van der Waals surface area contributed by atoms with Crippen LogP contribution in [0.25, 0.3) is 20.5 Å². The predicted octanol–water partition coefficient (Wildman–Crippen LogP) is 7.07. The zero-order valence-corrected chi connectivity index (χ0v) is 17.7. The van der Waals surface area contributed by atoms with Gasteiger partial charge in [0.25, 0.3) is 0 Å². The second-order valence-electron chi connectivity index (χ2n) is 7.26. The Balaban J connectivity index is 1.69. The smallest absolute Gasteiger partial charge is 0.195 e. The molecule has 152 valence electrons. The minimum Gasteiger partial charge on any atom is -0.508 e. The Hall–Kier alpha value is -3.11. The highest BCUT2D eigenvalue weighted by Gasteiger charge is 2.21. The van der Waals surface area contributed by atoms with Gasteiger partial charge >= 0.3 is 0 Å². The predicted molar refractivity (Wildman–Crippen MR) is 124 cm³/mol. The van der Waals surface area contributed by atoms with Gasteiger partial charge in [-0.3, -0.25) is 4.79 Å². The maximum Gasteiger partial charge on any atom is 0.195 e. The molecule has 0 saturated heterocycles. The van der Waals surface area contributed by atoms with Gasteiger partial charge in [0.05, 0.1) is 6.61 Å². The standard InChI is InChI=1S/C26H24O3S/c1-2-3-7-16-29-21-13-10-18(11-14-21)25(28)24-22-15-12-20(27)17-23(22)30-26(24)19-8-5-4-6-9-19/h4-6,8-15,17,27H,2-3,7,16H2,1H3. The van der Waals surface area contributed by atoms with Crippen molar-refractivity contribution < 1.29 is 14.6 Å². The Labute approximate surface area is 180 Å². The number of hydrogen-bond acceptors (Lipinski definition) is 4. The van der Waals surface area contributed by atoms with E-state index in [1.165, 1.54) is 11.3 Å². The van der Waals surface area contributed by atoms with Gasteiger partial charge in [0.2, 0.25) is 0 Å². The number of aromatic hydroxyl groups is 1. The average molecular weight is 417 g/mol. The molecule has 0 unspecified atom stereocenters. The van der Waals surface area contributed by atoms with Crippen LogP contribution < -0.4 is 4.74 Å². The third-order valence-corrected chi connectivity index (χ3v) is 6.27. The van der Waals surface area contributed by atoms with Gasteiger partial charge in [-0.05, 0) is 54.4 Å². The lowest BCUT2D eigenvalue weighted by molar-refractivity contribution is 0.104. The van der Waals surface area contributed by atoms with Crippen molar-refractivity contribution >= 4 is 27.2 Å². The number of ether oxygens (including phenoxy) is 1. The summed E-state index contributed by atoms with van der Waals surface area (Å²) in [5.41, 5.74) is 2.30. The zero-order valence-electron chi connectivity index (χ0n) is 16.9. The van der Waals surface area contributed by atoms with Crippen molar-refractivity contribution in [3.8, 4) is 21.9 Å². The molecule has 0 spiro atoms. The van der Waals surface area contributed by atoms with Gasteiger partial charge in [-0.25, -0.2) is 0 Å². The number of ketones is 1. The summed E-state index contributed by atoms with van der Waals surface area (Å²) < 4.78 is 6.67. The number of hydrogen-bond donors (Lipinski definition) is 1. The fraction of sp³-hybridized carbons (Fsp3) is 0.192. The van der Waals surface area contributed by atoms with E-state index in [-0.39, 0.29) is 11.5 Å². The molecule has 0 aliphatic carbocycles. The molecule has 1 aromatic heterocycles. The summed E-state index contributed by atoms with van der Waals surface area (Å²) in [6.45, 7) is 2.86. The fourth-order valence-electron chi connectivity index (χ4n) is 3.49. The number of carbonyl (C=O) groups is 1. The van der Waals surface area contributed by atoms with Crippen molar-refractivity contribution in [2.45, 2.75) is 26.2 Å². The van der Waals surface area contributed by atoms with E-state index in [1.807, 2.05) is 60.7 Å². The van der Waals surface area contributed by atoms with Crippen LogP contribution in [0.1, 0.15) is 42.1 Å². The highest BCUT2D eigenvalue weighted by atomic mass is 32.1. The Morgan fingerprint density at radius 3 is 2.47 bits per heavy atom. The fourth-order valence-corrected chi connectivity index (χ4v) is 4.73. The van der Waals surface area contributed by atoms with Gasteiger partial charge < -0.3 is 9.84 Å². The zero-order chi connectivity index (χ0) is 20.9. The Kier molecular flexibility index (Phi) is 6.15. The Morgan fingerprint density at radius 1 is 0.967 bits per heavy atom. The van der Waals surface area contributed by atoms with E-state index >= 15 is 0 Å². The number of phenols is 1. The van der Waals surface area contributed by atoms with Gasteiger partial charge in [0, 0.05) is 26.1 Å². The van der Waals surface area contributed by atoms with Crippen molar-refractivity contribution in [3.63, 3.8) is 0 Å². The Morgan fingerprint density at radius 2 is 1.73 bits per heavy atom. The molecule has 3 aromatic carbocycles. The number of thiophene rings is 1. The molecule has 0 atom stereocenters. The normalized spacial score (nSPS) is 11.0. The van der Waals surface area contributed by atoms with Crippen LogP contribution in [0, 0.1) is 0 Å². The highest BCUT2D eigenvalue weighted by Crippen LogP contribution is 2.41. The third kappa shape index (κ3) is 4.24. The molecule has 3 nitrogen and oxygen atoms in total. The van der Waals surface area contributed by atoms with E-state index in [0.717, 1.165) is 45.5 Å². The van der Waals surface area contributed by atoms with E-state index in [1.54, 1.807) is 12.1 Å². The van der Waals surface area contributed by atoms with Gasteiger partial charge in [-0.15, -0.1) is 11.3 Å². The molecule has 4 aromatic rings. The summed E-state index contributed by atoms with van der Waals surface area (Å²) >= 11 is 1.53. The molecule has 0 aliphatic rings. The molecule has 4 heteroatoms. The number of benzene rings is 3. The molecule has 0 amide bonds. The van der Waals surface area contributed by atoms with Crippen LogP contribution in [0.15, 0.2) is 72.8 Å². The SMILES string of the molecule is CCCCCOc1ccc(C(=O)c2c(-c3ccccc3)sc3cc(O)ccc23)cc1. The lowest BCUT2D eigenvalue weighted by Crippen LogP contribution is -2.03. The molecule has 0 bridgehead atoms. The quantitative estimate of drug-likeness (QED) is 0.247. The second kappa shape index (κ2) is 9.14. The van der Waals surface area contributed by atoms with Crippen LogP contribution in [0.5, 0.6) is 11.5 Å². The Bertz CT molecular complexity index is 1140. The number of unbranched alkanes of at least 4 members (excludes halogenated alkanes) is 2. The molecule has 0 saturated carbocycles. The maximum absolute atomic E-state index is 13.5. The molecular formula is C26H24O3S. The lowest BCUT2D eigenvalue weighted by Gasteiger charge is -2.08. The summed E-state index contributed by atoms with van der Waals surface area (Å²) in [4.78, 5) is 14.4. The molecule has 1 N–H and O–H groups in total. The summed E-state index contributed by atoms with van der Waals surface area (Å²) in [7, 11) is 0. The van der Waals surface area contributed by atoms with Gasteiger partial charge in [-0.1, -0.05) is 50.1 Å². The largest absolute Gasteiger partial charge is 0.508 e. The molecule has 30 heavy (non-hydrogen) atoms. The summed E-state index contributed by atoms with van der Waals surface area (Å²) in [5, 5.41) is 10.8. The summed E-state index contributed by atoms with van der Waals surface area (Å²) in [5.74, 6) is 0.960. The molecule has 1 heterocycles. The van der Waals surface area contributed by atoms with Gasteiger partial charge in [0.15, 0.2) is 5.78 Å². The van der Waals surface area contributed by atoms with Crippen LogP contribution in [-0.4, -0.2) is 17.5 Å². The van der Waals surface area contributed by atoms with E-state index in [4.69, 9.17) is 4.74 Å². The molecule has 0 fully saturated rings. The third-order valence-electron chi connectivity index (χ3n) is 5.07. The lowest BCUT2D eigenvalue weighted by atomic mass is 9.97. The highest BCUT2D eigenvalue weighted by molar-refractivity contribution is 7.22. The van der Waals surface area contributed by atoms with E-state index in [9.17, 15) is 9.90 Å². The molecule has 0 aliphatic heterocycles. The molecule has 4 rings (SSSR count). The van der Waals surface area contributed by atoms with E-state index in [0.29, 0.717) is 17.7 Å². The summed E-state index contributed by atoms with van der Waals surface area (Å²) in [6.07, 6.45) is 3.35. The first kappa shape index (κ1) is 20.2. The average Bonchev–Trinajstić information content (AvgIpc) is 3.16. The van der Waals surface area contributed by atoms with Crippen LogP contribution >= 0.6 is 11.3 Å². The van der Waals surface area contributed by atoms with E-state index < -0.39 is 0 Å². The number of rotatable bonds is 8. The minimum absolute atomic E-state index is 0.0247. The first-order valence-electron chi connectivity index (χ1n) is 10.3. The van der Waals surface area contributed by atoms with Crippen molar-refractivity contribution in [1.29, 1.82) is 0 Å². The van der Waals surface area contributed by atoms with Crippen LogP contribution in [0.2, 0.25) is 0 Å².